The summed E-state index contributed by atoms with van der Waals surface area (Å²) in [5.41, 5.74) is 9.42. The third-order valence-electron chi connectivity index (χ3n) is 10.2. The lowest BCUT2D eigenvalue weighted by Gasteiger charge is -2.26. The molecule has 0 amide bonds. The number of ether oxygens (including phenoxy) is 2. The van der Waals surface area contributed by atoms with Crippen molar-refractivity contribution in [2.75, 3.05) is 0 Å². The van der Waals surface area contributed by atoms with Gasteiger partial charge < -0.3 is 9.47 Å². The van der Waals surface area contributed by atoms with Gasteiger partial charge in [0.1, 0.15) is 0 Å². The number of nitrogens with zero attached hydrogens (tertiary/aromatic N) is 3. The summed E-state index contributed by atoms with van der Waals surface area (Å²) in [6, 6.07) is 51.9. The highest BCUT2D eigenvalue weighted by molar-refractivity contribution is 5.89. The Morgan fingerprint density at radius 2 is 1.02 bits per heavy atom. The van der Waals surface area contributed by atoms with Crippen LogP contribution in [0.5, 0.6) is 23.0 Å². The lowest BCUT2D eigenvalue weighted by Crippen LogP contribution is -2.15. The minimum Gasteiger partial charge on any atom is -0.449 e. The molecule has 5 nitrogen and oxygen atoms in total. The summed E-state index contributed by atoms with van der Waals surface area (Å²) in [6.07, 6.45) is 0. The molecule has 1 aliphatic heterocycles. The summed E-state index contributed by atoms with van der Waals surface area (Å²) in [4.78, 5) is 14.9. The van der Waals surface area contributed by atoms with E-state index in [1.54, 1.807) is 0 Å². The summed E-state index contributed by atoms with van der Waals surface area (Å²) in [5.74, 6) is 4.77. The molecule has 10 rings (SSSR count). The number of fused-ring (bicyclic) bond motifs is 7. The minimum atomic E-state index is -0.135. The molecule has 0 atom stereocenters. The maximum Gasteiger partial charge on any atom is 0.178 e. The summed E-state index contributed by atoms with van der Waals surface area (Å²) in [6.45, 7) is 4.55. The van der Waals surface area contributed by atoms with Crippen LogP contribution in [0.15, 0.2) is 152 Å². The zero-order valence-electron chi connectivity index (χ0n) is 28.1. The zero-order valence-corrected chi connectivity index (χ0v) is 28.1. The molecular formula is C46H31N3O2. The highest BCUT2D eigenvalue weighted by Crippen LogP contribution is 2.59. The van der Waals surface area contributed by atoms with Crippen molar-refractivity contribution in [1.82, 2.24) is 15.0 Å². The average molecular weight is 658 g/mol. The molecule has 242 valence electrons. The van der Waals surface area contributed by atoms with Crippen molar-refractivity contribution in [3.63, 3.8) is 0 Å². The maximum atomic E-state index is 6.87. The van der Waals surface area contributed by atoms with E-state index in [4.69, 9.17) is 24.4 Å². The van der Waals surface area contributed by atoms with Crippen LogP contribution in [0.4, 0.5) is 0 Å². The van der Waals surface area contributed by atoms with Crippen LogP contribution in [0.1, 0.15) is 25.0 Å². The number of rotatable bonds is 4. The number of aromatic nitrogens is 3. The first-order valence-electron chi connectivity index (χ1n) is 17.2. The van der Waals surface area contributed by atoms with E-state index < -0.39 is 0 Å². The van der Waals surface area contributed by atoms with Gasteiger partial charge in [-0.1, -0.05) is 147 Å². The van der Waals surface area contributed by atoms with E-state index in [1.807, 2.05) is 54.6 Å². The Bertz CT molecular complexity index is 2670. The first-order valence-corrected chi connectivity index (χ1v) is 17.2. The number of hydrogen-bond acceptors (Lipinski definition) is 5. The van der Waals surface area contributed by atoms with Crippen molar-refractivity contribution >= 4 is 10.8 Å². The predicted molar refractivity (Wildman–Crippen MR) is 203 cm³/mol. The number of hydrogen-bond donors (Lipinski definition) is 0. The van der Waals surface area contributed by atoms with Gasteiger partial charge >= 0.3 is 0 Å². The van der Waals surface area contributed by atoms with Gasteiger partial charge in [0.15, 0.2) is 40.5 Å². The molecule has 0 saturated carbocycles. The standard InChI is InChI=1S/C46H31N3O2/c1-46(2)36-17-9-8-15-35(36)40-37(46)25-26-39-42(40)51-41-34(16-10-18-38(41)50-39)29-20-22-31(23-21-29)44-47-43(30-12-4-3-5-13-30)48-45(49-44)33-24-19-28-11-6-7-14-32(28)27-33/h3-27H,1-2H3. The molecule has 1 aromatic heterocycles. The van der Waals surface area contributed by atoms with Crippen LogP contribution in [0.25, 0.3) is 67.2 Å². The van der Waals surface area contributed by atoms with E-state index in [-0.39, 0.29) is 5.41 Å². The normalized spacial score (nSPS) is 13.4. The number of benzene rings is 7. The van der Waals surface area contributed by atoms with Gasteiger partial charge in [-0.3, -0.25) is 0 Å². The molecule has 2 heterocycles. The Morgan fingerprint density at radius 1 is 0.412 bits per heavy atom. The lowest BCUT2D eigenvalue weighted by atomic mass is 9.82. The van der Waals surface area contributed by atoms with E-state index in [1.165, 1.54) is 22.1 Å². The Kier molecular flexibility index (Phi) is 6.46. The zero-order chi connectivity index (χ0) is 34.1. The van der Waals surface area contributed by atoms with Crippen molar-refractivity contribution in [2.24, 2.45) is 0 Å². The number of para-hydroxylation sites is 1. The molecule has 7 aromatic carbocycles. The topological polar surface area (TPSA) is 57.1 Å². The van der Waals surface area contributed by atoms with E-state index in [0.717, 1.165) is 50.3 Å². The highest BCUT2D eigenvalue weighted by atomic mass is 16.6. The van der Waals surface area contributed by atoms with Crippen molar-refractivity contribution < 1.29 is 9.47 Å². The highest BCUT2D eigenvalue weighted by Gasteiger charge is 2.39. The molecule has 0 saturated heterocycles. The Labute approximate surface area is 295 Å². The van der Waals surface area contributed by atoms with Gasteiger partial charge in [-0.05, 0) is 51.2 Å². The molecule has 0 bridgehead atoms. The van der Waals surface area contributed by atoms with E-state index in [0.29, 0.717) is 29.0 Å². The second kappa shape index (κ2) is 11.2. The monoisotopic (exact) mass is 657 g/mol. The fourth-order valence-corrected chi connectivity index (χ4v) is 7.55. The first kappa shape index (κ1) is 29.3. The molecule has 0 N–H and O–H groups in total. The summed E-state index contributed by atoms with van der Waals surface area (Å²) < 4.78 is 13.4. The molecule has 1 aliphatic carbocycles. The van der Waals surface area contributed by atoms with Gasteiger partial charge in [-0.25, -0.2) is 15.0 Å². The van der Waals surface area contributed by atoms with Crippen LogP contribution in [-0.2, 0) is 5.41 Å². The van der Waals surface area contributed by atoms with E-state index in [9.17, 15) is 0 Å². The Hall–Kier alpha value is -6.59. The van der Waals surface area contributed by atoms with Crippen molar-refractivity contribution in [1.29, 1.82) is 0 Å². The van der Waals surface area contributed by atoms with Gasteiger partial charge in [0.05, 0.1) is 0 Å². The molecular weight excluding hydrogens is 627 g/mol. The molecule has 2 aliphatic rings. The van der Waals surface area contributed by atoms with Crippen LogP contribution in [0.2, 0.25) is 0 Å². The summed E-state index contributed by atoms with van der Waals surface area (Å²) in [5, 5.41) is 2.31. The molecule has 0 fully saturated rings. The molecule has 51 heavy (non-hydrogen) atoms. The SMILES string of the molecule is CC1(C)c2ccccc2-c2c1ccc1c2Oc2c(cccc2-c2ccc(-c3nc(-c4ccccc4)nc(-c4ccc5ccccc5c4)n3)cc2)O1. The lowest BCUT2D eigenvalue weighted by molar-refractivity contribution is 0.361. The van der Waals surface area contributed by atoms with Crippen LogP contribution >= 0.6 is 0 Å². The van der Waals surface area contributed by atoms with Crippen molar-refractivity contribution in [3.8, 4) is 79.4 Å². The molecule has 5 heteroatoms. The van der Waals surface area contributed by atoms with Gasteiger partial charge in [-0.2, -0.15) is 0 Å². The Balaban J connectivity index is 1.04. The van der Waals surface area contributed by atoms with Gasteiger partial charge in [-0.15, -0.1) is 0 Å². The minimum absolute atomic E-state index is 0.135. The predicted octanol–water partition coefficient (Wildman–Crippen LogP) is 11.9. The van der Waals surface area contributed by atoms with Gasteiger partial charge in [0, 0.05) is 33.2 Å². The average Bonchev–Trinajstić information content (AvgIpc) is 3.43. The van der Waals surface area contributed by atoms with Gasteiger partial charge in [0.25, 0.3) is 0 Å². The fourth-order valence-electron chi connectivity index (χ4n) is 7.55. The van der Waals surface area contributed by atoms with Crippen molar-refractivity contribution in [3.05, 3.63) is 163 Å². The maximum absolute atomic E-state index is 6.87. The largest absolute Gasteiger partial charge is 0.449 e. The summed E-state index contributed by atoms with van der Waals surface area (Å²) in [7, 11) is 0. The van der Waals surface area contributed by atoms with Crippen LogP contribution in [0.3, 0.4) is 0 Å². The van der Waals surface area contributed by atoms with E-state index in [2.05, 4.69) is 111 Å². The van der Waals surface area contributed by atoms with Gasteiger partial charge in [0.2, 0.25) is 0 Å². The van der Waals surface area contributed by atoms with Crippen LogP contribution < -0.4 is 9.47 Å². The van der Waals surface area contributed by atoms with Crippen LogP contribution in [0, 0.1) is 0 Å². The molecule has 0 radical (unpaired) electrons. The van der Waals surface area contributed by atoms with E-state index >= 15 is 0 Å². The second-order valence-electron chi connectivity index (χ2n) is 13.6. The molecule has 0 unspecified atom stereocenters. The van der Waals surface area contributed by atoms with Crippen LogP contribution in [-0.4, -0.2) is 15.0 Å². The molecule has 8 aromatic rings. The smallest absolute Gasteiger partial charge is 0.178 e. The third kappa shape index (κ3) is 4.73. The first-order chi connectivity index (χ1) is 25.0. The Morgan fingerprint density at radius 3 is 1.82 bits per heavy atom. The third-order valence-corrected chi connectivity index (χ3v) is 10.2. The summed E-state index contributed by atoms with van der Waals surface area (Å²) >= 11 is 0. The quantitative estimate of drug-likeness (QED) is 0.188. The fraction of sp³-hybridized carbons (Fsp3) is 0.0652. The second-order valence-corrected chi connectivity index (χ2v) is 13.6. The van der Waals surface area contributed by atoms with Crippen molar-refractivity contribution in [2.45, 2.75) is 19.3 Å². The molecule has 0 spiro atoms.